The minimum absolute atomic E-state index is 0. The molecule has 0 aromatic rings. The zero-order chi connectivity index (χ0) is 37.2. The van der Waals surface area contributed by atoms with Crippen LogP contribution in [0.2, 0.25) is 118 Å². The Morgan fingerprint density at radius 1 is 0.413 bits per heavy atom. The molecule has 0 N–H and O–H groups in total. The second-order valence-corrected chi connectivity index (χ2v) is 48.9. The third-order valence-corrected chi connectivity index (χ3v) is 24.8. The van der Waals surface area contributed by atoms with Crippen molar-refractivity contribution in [3.63, 3.8) is 0 Å². The van der Waals surface area contributed by atoms with E-state index in [0.29, 0.717) is 24.2 Å². The van der Waals surface area contributed by atoms with E-state index >= 15 is 0 Å². The molecule has 0 rings (SSSR count). The Hall–Kier alpha value is 1.18. The van der Waals surface area contributed by atoms with E-state index in [2.05, 4.69) is 182 Å². The average molecular weight is 874 g/mol. The van der Waals surface area contributed by atoms with Gasteiger partial charge in [0.15, 0.2) is 0 Å². The van der Waals surface area contributed by atoms with Gasteiger partial charge in [0.25, 0.3) is 0 Å². The van der Waals surface area contributed by atoms with Gasteiger partial charge >= 0.3 is 41.7 Å². The molecule has 46 heavy (non-hydrogen) atoms. The predicted molar refractivity (Wildman–Crippen MR) is 229 cm³/mol. The maximum atomic E-state index is 4.82. The Morgan fingerprint density at radius 3 is 0.696 bits per heavy atom. The van der Waals surface area contributed by atoms with Crippen molar-refractivity contribution in [3.8, 4) is 0 Å². The first-order chi connectivity index (χ1) is 19.4. The largest absolute Gasteiger partial charge is 3.00 e. The fourth-order valence-corrected chi connectivity index (χ4v) is 32.5. The molecule has 7 nitrogen and oxygen atoms in total. The van der Waals surface area contributed by atoms with Gasteiger partial charge in [-0.2, -0.15) is 0 Å². The third kappa shape index (κ3) is 29.0. The first-order valence-corrected chi connectivity index (χ1v) is 38.0. The van der Waals surface area contributed by atoms with Crippen molar-refractivity contribution in [2.24, 2.45) is 9.98 Å². The number of guanidine groups is 2. The maximum absolute atomic E-state index is 4.82. The molecule has 14 heteroatoms. The van der Waals surface area contributed by atoms with Crippen LogP contribution < -0.4 is 0 Å². The van der Waals surface area contributed by atoms with Crippen LogP contribution in [0.25, 0.3) is 15.3 Å². The minimum Gasteiger partial charge on any atom is -0.668 e. The SMILES string of the molecule is CC(C)N=C([N-]C(C)C)N([Si](C)(C)C)[Si](C)(C)C.CC(C)N=C([N-]C(C)C)N([Si](C)(C)C)[Si](C)(C)C.C[Si](C)(C)[N-][Si](C)(C)C.[Ce+3]. The van der Waals surface area contributed by atoms with Crippen LogP contribution in [0.4, 0.5) is 0 Å². The van der Waals surface area contributed by atoms with Crippen molar-refractivity contribution < 1.29 is 41.7 Å². The van der Waals surface area contributed by atoms with Gasteiger partial charge in [-0.3, -0.25) is 0 Å². The van der Waals surface area contributed by atoms with E-state index in [1.165, 1.54) is 0 Å². The van der Waals surface area contributed by atoms with Gasteiger partial charge in [0.05, 0.1) is 32.9 Å². The van der Waals surface area contributed by atoms with Gasteiger partial charge < -0.3 is 33.7 Å². The van der Waals surface area contributed by atoms with Crippen LogP contribution in [-0.4, -0.2) is 94.0 Å². The summed E-state index contributed by atoms with van der Waals surface area (Å²) in [5, 5.41) is 9.59. The van der Waals surface area contributed by atoms with Gasteiger partial charge in [-0.1, -0.05) is 190 Å². The number of rotatable bonds is 10. The summed E-state index contributed by atoms with van der Waals surface area (Å²) in [6.45, 7) is 59.4. The van der Waals surface area contributed by atoms with Gasteiger partial charge in [0.1, 0.15) is 0 Å². The van der Waals surface area contributed by atoms with Gasteiger partial charge in [-0.05, 0) is 24.2 Å². The quantitative estimate of drug-likeness (QED) is 0.125. The molecule has 0 aliphatic rings. The van der Waals surface area contributed by atoms with Crippen LogP contribution >= 0.6 is 0 Å². The predicted octanol–water partition coefficient (Wildman–Crippen LogP) is 12.0. The number of nitrogens with zero attached hydrogens (tertiary/aromatic N) is 7. The average Bonchev–Trinajstić information content (AvgIpc) is 2.58. The standard InChI is InChI=1S/2C13H32N3Si2.C6H18NSi2.Ce/c2*1-11(2)14-13(15-12(3)4)16(17(5,6)7)18(8,9)10;1-8(2,3)7-9(4,5)6;/h2*11-12H,1-10H3;1-6H3;/q3*-1;+3. The van der Waals surface area contributed by atoms with Gasteiger partial charge in [0, 0.05) is 11.9 Å². The molecule has 0 saturated heterocycles. The molecule has 0 amide bonds. The van der Waals surface area contributed by atoms with Crippen molar-refractivity contribution in [1.29, 1.82) is 0 Å². The molecule has 0 aromatic carbocycles. The summed E-state index contributed by atoms with van der Waals surface area (Å²) in [7, 11) is -8.00. The topological polar surface area (TPSA) is 73.5 Å². The van der Waals surface area contributed by atoms with Crippen molar-refractivity contribution in [2.75, 3.05) is 0 Å². The molecule has 0 fully saturated rings. The summed E-state index contributed by atoms with van der Waals surface area (Å²) < 4.78 is 10.0. The fraction of sp³-hybridized carbons (Fsp3) is 0.938. The van der Waals surface area contributed by atoms with Gasteiger partial charge in [0.2, 0.25) is 0 Å². The molecule has 0 spiro atoms. The monoisotopic (exact) mass is 872 g/mol. The van der Waals surface area contributed by atoms with Gasteiger partial charge in [-0.15, -0.1) is 0 Å². The van der Waals surface area contributed by atoms with Crippen molar-refractivity contribution >= 4 is 61.3 Å². The van der Waals surface area contributed by atoms with Crippen LogP contribution in [0.1, 0.15) is 55.4 Å². The van der Waals surface area contributed by atoms with Crippen LogP contribution in [0.5, 0.6) is 0 Å². The van der Waals surface area contributed by atoms with E-state index in [1.807, 2.05) is 0 Å². The molecule has 0 aliphatic heterocycles. The summed E-state index contributed by atoms with van der Waals surface area (Å²) >= 11 is 0. The van der Waals surface area contributed by atoms with Crippen LogP contribution in [0, 0.1) is 41.7 Å². The Bertz CT molecular complexity index is 786. The smallest absolute Gasteiger partial charge is 0.668 e. The molecule has 0 heterocycles. The Labute approximate surface area is 331 Å². The minimum atomic E-state index is -1.45. The molecule has 0 aliphatic carbocycles. The Balaban J connectivity index is -0.000000300. The zero-order valence-corrected chi connectivity index (χ0v) is 45.1. The summed E-state index contributed by atoms with van der Waals surface area (Å²) in [6.07, 6.45) is 0. The first-order valence-electron chi connectivity index (χ1n) is 17.3. The molecular weight excluding hydrogens is 791 g/mol. The summed E-state index contributed by atoms with van der Waals surface area (Å²) in [6, 6.07) is 1.21. The Morgan fingerprint density at radius 2 is 0.609 bits per heavy atom. The molecule has 0 atom stereocenters. The fourth-order valence-electron chi connectivity index (χ4n) is 5.44. The molecular formula is C32H82CeN7Si6. The van der Waals surface area contributed by atoms with Crippen LogP contribution in [-0.2, 0) is 0 Å². The molecule has 0 saturated carbocycles. The molecule has 273 valence electrons. The summed E-state index contributed by atoms with van der Waals surface area (Å²) in [5.41, 5.74) is 0. The second-order valence-electron chi connectivity index (χ2n) is 19.3. The molecule has 0 unspecified atom stereocenters. The Kier molecular flexibility index (Phi) is 25.2. The zero-order valence-electron chi connectivity index (χ0n) is 35.9. The van der Waals surface area contributed by atoms with E-state index in [0.717, 1.165) is 11.9 Å². The van der Waals surface area contributed by atoms with Crippen molar-refractivity contribution in [3.05, 3.63) is 15.3 Å². The van der Waals surface area contributed by atoms with Crippen LogP contribution in [0.3, 0.4) is 0 Å². The number of hydrogen-bond acceptors (Lipinski definition) is 2. The number of aliphatic imine (C=N–C) groups is 2. The maximum Gasteiger partial charge on any atom is 3.00 e. The summed E-state index contributed by atoms with van der Waals surface area (Å²) in [4.78, 5) is 9.59. The normalized spacial score (nSPS) is 14.0. The summed E-state index contributed by atoms with van der Waals surface area (Å²) in [5.74, 6) is 2.00. The first kappa shape index (κ1) is 54.0. The van der Waals surface area contributed by atoms with E-state index in [-0.39, 0.29) is 41.7 Å². The van der Waals surface area contributed by atoms with Crippen molar-refractivity contribution in [1.82, 2.24) is 8.46 Å². The van der Waals surface area contributed by atoms with Gasteiger partial charge in [-0.25, -0.2) is 0 Å². The van der Waals surface area contributed by atoms with E-state index in [1.54, 1.807) is 0 Å². The third-order valence-electron chi connectivity index (χ3n) is 5.25. The van der Waals surface area contributed by atoms with Crippen molar-refractivity contribution in [2.45, 2.75) is 197 Å². The molecule has 1 radical (unpaired) electrons. The number of hydrogen-bond donors (Lipinski definition) is 0. The molecule has 0 aromatic heterocycles. The van der Waals surface area contributed by atoms with E-state index < -0.39 is 49.4 Å². The van der Waals surface area contributed by atoms with E-state index in [4.69, 9.17) is 25.3 Å². The molecule has 0 bridgehead atoms. The van der Waals surface area contributed by atoms with Crippen LogP contribution in [0.15, 0.2) is 9.98 Å². The van der Waals surface area contributed by atoms with E-state index in [9.17, 15) is 0 Å². The second kappa shape index (κ2) is 21.5.